The van der Waals surface area contributed by atoms with E-state index >= 15 is 0 Å². The molecular formula is C26H24F3N2O4P. The highest BCUT2D eigenvalue weighted by Crippen LogP contribution is 2.48. The van der Waals surface area contributed by atoms with E-state index in [1.807, 2.05) is 6.07 Å². The zero-order valence-electron chi connectivity index (χ0n) is 19.6. The van der Waals surface area contributed by atoms with Crippen molar-refractivity contribution in [2.24, 2.45) is 0 Å². The van der Waals surface area contributed by atoms with Crippen LogP contribution in [-0.4, -0.2) is 19.1 Å². The van der Waals surface area contributed by atoms with Crippen LogP contribution in [0.5, 0.6) is 0 Å². The van der Waals surface area contributed by atoms with E-state index in [0.717, 1.165) is 12.1 Å². The third-order valence-electron chi connectivity index (χ3n) is 5.46. The predicted molar refractivity (Wildman–Crippen MR) is 134 cm³/mol. The van der Waals surface area contributed by atoms with Crippen molar-refractivity contribution in [1.82, 2.24) is 0 Å². The molecule has 0 saturated carbocycles. The van der Waals surface area contributed by atoms with Gasteiger partial charge in [0, 0.05) is 16.9 Å². The van der Waals surface area contributed by atoms with Crippen LogP contribution in [0, 0.1) is 0 Å². The van der Waals surface area contributed by atoms with E-state index in [1.54, 1.807) is 56.3 Å². The average Bonchev–Trinajstić information content (AvgIpc) is 3.18. The van der Waals surface area contributed by atoms with Crippen molar-refractivity contribution < 1.29 is 31.6 Å². The number of fused-ring (bicyclic) bond motifs is 1. The first-order valence-electron chi connectivity index (χ1n) is 11.3. The van der Waals surface area contributed by atoms with Gasteiger partial charge in [0.05, 0.1) is 35.4 Å². The minimum atomic E-state index is -4.46. The molecular weight excluding hydrogens is 492 g/mol. The normalized spacial score (nSPS) is 14.9. The first-order valence-corrected chi connectivity index (χ1v) is 12.8. The molecule has 4 rings (SSSR count). The molecule has 0 atom stereocenters. The highest BCUT2D eigenvalue weighted by Gasteiger charge is 2.34. The third kappa shape index (κ3) is 5.23. The van der Waals surface area contributed by atoms with E-state index in [1.165, 1.54) is 12.1 Å². The Hall–Kier alpha value is -3.39. The summed E-state index contributed by atoms with van der Waals surface area (Å²) >= 11 is 0. The lowest BCUT2D eigenvalue weighted by atomic mass is 10.00. The Morgan fingerprint density at radius 1 is 0.944 bits per heavy atom. The maximum atomic E-state index is 13.4. The monoisotopic (exact) mass is 516 g/mol. The molecule has 1 amide bonds. The smallest absolute Gasteiger partial charge is 0.354 e. The highest BCUT2D eigenvalue weighted by atomic mass is 31.2. The van der Waals surface area contributed by atoms with Gasteiger partial charge < -0.3 is 19.7 Å². The Labute approximate surface area is 206 Å². The molecule has 36 heavy (non-hydrogen) atoms. The molecule has 0 aromatic heterocycles. The second-order valence-corrected chi connectivity index (χ2v) is 9.86. The summed E-state index contributed by atoms with van der Waals surface area (Å²) in [6, 6.07) is 18.3. The van der Waals surface area contributed by atoms with Crippen molar-refractivity contribution in [2.45, 2.75) is 20.0 Å². The van der Waals surface area contributed by atoms with E-state index in [-0.39, 0.29) is 18.8 Å². The lowest BCUT2D eigenvalue weighted by molar-refractivity contribution is -0.137. The molecule has 188 valence electrons. The van der Waals surface area contributed by atoms with Gasteiger partial charge in [0.2, 0.25) is 0 Å². The van der Waals surface area contributed by atoms with Gasteiger partial charge in [-0.05, 0) is 61.9 Å². The van der Waals surface area contributed by atoms with Crippen LogP contribution in [0.1, 0.15) is 30.5 Å². The van der Waals surface area contributed by atoms with Crippen molar-refractivity contribution in [2.75, 3.05) is 23.8 Å². The second kappa shape index (κ2) is 10.3. The fourth-order valence-electron chi connectivity index (χ4n) is 3.87. The van der Waals surface area contributed by atoms with Crippen LogP contribution in [0.3, 0.4) is 0 Å². The number of hydrogen-bond donors (Lipinski definition) is 2. The van der Waals surface area contributed by atoms with E-state index in [2.05, 4.69) is 10.6 Å². The van der Waals surface area contributed by atoms with Crippen molar-refractivity contribution in [1.29, 1.82) is 0 Å². The van der Waals surface area contributed by atoms with Gasteiger partial charge in [-0.1, -0.05) is 30.3 Å². The standard InChI is InChI=1S/C26H24F3N2O4P/c1-3-34-36(33,35-4-2)20-14-15-22-21(16-20)23(25(32)31-22)24(17-8-6-5-7-9-17)30-19-12-10-18(11-13-19)26(27,28)29/h5-16,30H,3-4H2,1-2H3,(H,31,32)/b24-23-. The summed E-state index contributed by atoms with van der Waals surface area (Å²) < 4.78 is 63.4. The minimum Gasteiger partial charge on any atom is -0.354 e. The molecule has 0 saturated heterocycles. The Balaban J connectivity index is 1.86. The van der Waals surface area contributed by atoms with E-state index in [0.29, 0.717) is 33.5 Å². The summed E-state index contributed by atoms with van der Waals surface area (Å²) in [5.74, 6) is -0.414. The van der Waals surface area contributed by atoms with Gasteiger partial charge >= 0.3 is 13.8 Å². The number of carbonyl (C=O) groups excluding carboxylic acids is 1. The number of rotatable bonds is 8. The number of anilines is 2. The van der Waals surface area contributed by atoms with Crippen LogP contribution in [-0.2, 0) is 24.6 Å². The number of benzene rings is 3. The number of hydrogen-bond acceptors (Lipinski definition) is 5. The van der Waals surface area contributed by atoms with Crippen molar-refractivity contribution in [3.63, 3.8) is 0 Å². The Bertz CT molecular complexity index is 1330. The summed E-state index contributed by atoms with van der Waals surface area (Å²) in [6.45, 7) is 3.74. The van der Waals surface area contributed by atoms with Gasteiger partial charge in [-0.2, -0.15) is 13.2 Å². The molecule has 1 aliphatic rings. The lowest BCUT2D eigenvalue weighted by Crippen LogP contribution is -2.12. The SMILES string of the molecule is CCOP(=O)(OCC)c1ccc2c(c1)/C(=C(/Nc1ccc(C(F)(F)F)cc1)c1ccccc1)C(=O)N2. The van der Waals surface area contributed by atoms with Gasteiger partial charge in [0.25, 0.3) is 5.91 Å². The number of carbonyl (C=O) groups is 1. The third-order valence-corrected chi connectivity index (χ3v) is 7.56. The highest BCUT2D eigenvalue weighted by molar-refractivity contribution is 7.62. The maximum absolute atomic E-state index is 13.4. The molecule has 3 aromatic carbocycles. The minimum absolute atomic E-state index is 0.166. The molecule has 6 nitrogen and oxygen atoms in total. The first kappa shape index (κ1) is 25.7. The van der Waals surface area contributed by atoms with Crippen molar-refractivity contribution in [3.05, 3.63) is 89.5 Å². The molecule has 0 radical (unpaired) electrons. The molecule has 0 fully saturated rings. The molecule has 0 bridgehead atoms. The van der Waals surface area contributed by atoms with Gasteiger partial charge in [-0.15, -0.1) is 0 Å². The summed E-state index contributed by atoms with van der Waals surface area (Å²) in [7, 11) is -3.63. The zero-order chi connectivity index (χ0) is 25.9. The molecule has 1 aliphatic heterocycles. The first-order chi connectivity index (χ1) is 17.2. The molecule has 0 spiro atoms. The van der Waals surface area contributed by atoms with Gasteiger partial charge in [0.1, 0.15) is 0 Å². The van der Waals surface area contributed by atoms with Crippen molar-refractivity contribution in [3.8, 4) is 0 Å². The number of nitrogens with one attached hydrogen (secondary N) is 2. The molecule has 3 aromatic rings. The van der Waals surface area contributed by atoms with E-state index < -0.39 is 25.2 Å². The number of halogens is 3. The number of alkyl halides is 3. The molecule has 0 aliphatic carbocycles. The van der Waals surface area contributed by atoms with Crippen LogP contribution in [0.15, 0.2) is 72.8 Å². The van der Waals surface area contributed by atoms with Crippen molar-refractivity contribution >= 4 is 41.5 Å². The molecule has 10 heteroatoms. The second-order valence-electron chi connectivity index (χ2n) is 7.83. The van der Waals surface area contributed by atoms with Crippen LogP contribution < -0.4 is 15.9 Å². The van der Waals surface area contributed by atoms with Gasteiger partial charge in [0.15, 0.2) is 0 Å². The van der Waals surface area contributed by atoms with Gasteiger partial charge in [-0.25, -0.2) is 0 Å². The van der Waals surface area contributed by atoms with Crippen LogP contribution >= 0.6 is 7.60 Å². The Morgan fingerprint density at radius 3 is 2.17 bits per heavy atom. The Kier molecular flexibility index (Phi) is 7.36. The fourth-order valence-corrected chi connectivity index (χ4v) is 5.47. The number of amides is 1. The summed E-state index contributed by atoms with van der Waals surface area (Å²) in [6.07, 6.45) is -4.46. The summed E-state index contributed by atoms with van der Waals surface area (Å²) in [5.41, 5.74) is 1.82. The van der Waals surface area contributed by atoms with E-state index in [9.17, 15) is 22.5 Å². The van der Waals surface area contributed by atoms with Gasteiger partial charge in [-0.3, -0.25) is 9.36 Å². The average molecular weight is 516 g/mol. The topological polar surface area (TPSA) is 76.7 Å². The zero-order valence-corrected chi connectivity index (χ0v) is 20.5. The predicted octanol–water partition coefficient (Wildman–Crippen LogP) is 6.53. The summed E-state index contributed by atoms with van der Waals surface area (Å²) in [5, 5.41) is 6.21. The summed E-state index contributed by atoms with van der Waals surface area (Å²) in [4.78, 5) is 13.1. The van der Waals surface area contributed by atoms with Crippen LogP contribution in [0.25, 0.3) is 11.3 Å². The molecule has 2 N–H and O–H groups in total. The lowest BCUT2D eigenvalue weighted by Gasteiger charge is -2.18. The van der Waals surface area contributed by atoms with Crippen LogP contribution in [0.2, 0.25) is 0 Å². The quantitative estimate of drug-likeness (QED) is 0.263. The maximum Gasteiger partial charge on any atom is 0.416 e. The van der Waals surface area contributed by atoms with E-state index in [4.69, 9.17) is 9.05 Å². The fraction of sp³-hybridized carbons (Fsp3) is 0.192. The molecule has 1 heterocycles. The van der Waals surface area contributed by atoms with Crippen LogP contribution in [0.4, 0.5) is 24.5 Å². The Morgan fingerprint density at radius 2 is 1.58 bits per heavy atom. The molecule has 0 unspecified atom stereocenters. The largest absolute Gasteiger partial charge is 0.416 e.